The quantitative estimate of drug-likeness (QED) is 0.811. The fourth-order valence-electron chi connectivity index (χ4n) is 1.53. The topological polar surface area (TPSA) is 90.2 Å². The second-order valence-electron chi connectivity index (χ2n) is 4.14. The van der Waals surface area contributed by atoms with Crippen molar-refractivity contribution in [3.05, 3.63) is 28.8 Å². The first-order valence-corrected chi connectivity index (χ1v) is 8.17. The van der Waals surface area contributed by atoms with Crippen molar-refractivity contribution in [2.24, 2.45) is 0 Å². The number of sulfonamides is 1. The van der Waals surface area contributed by atoms with Gasteiger partial charge >= 0.3 is 0 Å². The normalized spacial score (nSPS) is 11.9. The molecule has 1 aromatic carbocycles. The first kappa shape index (κ1) is 17.3. The Bertz CT molecular complexity index is 699. The zero-order chi connectivity index (χ0) is 15.9. The van der Waals surface area contributed by atoms with Crippen LogP contribution < -0.4 is 4.72 Å². The molecule has 1 atom stereocenters. The van der Waals surface area contributed by atoms with Crippen LogP contribution in [0.15, 0.2) is 18.2 Å². The van der Waals surface area contributed by atoms with Crippen LogP contribution in [0.1, 0.15) is 25.3 Å². The van der Waals surface area contributed by atoms with E-state index in [4.69, 9.17) is 22.0 Å². The maximum atomic E-state index is 12.1. The summed E-state index contributed by atoms with van der Waals surface area (Å²) in [5.74, 6) is 5.47. The van der Waals surface area contributed by atoms with Crippen molar-refractivity contribution in [2.75, 3.05) is 11.3 Å². The summed E-state index contributed by atoms with van der Waals surface area (Å²) in [5.41, 5.74) is 0.658. The molecule has 0 bridgehead atoms. The van der Waals surface area contributed by atoms with Crippen molar-refractivity contribution in [3.8, 4) is 17.9 Å². The number of nitrogens with zero attached hydrogens (tertiary/aromatic N) is 1. The van der Waals surface area contributed by atoms with Crippen LogP contribution in [-0.4, -0.2) is 25.4 Å². The molecule has 1 unspecified atom stereocenters. The van der Waals surface area contributed by atoms with Crippen LogP contribution >= 0.6 is 11.6 Å². The predicted molar refractivity (Wildman–Crippen MR) is 82.3 cm³/mol. The third-order valence-corrected chi connectivity index (χ3v) is 4.51. The van der Waals surface area contributed by atoms with Gasteiger partial charge in [0.15, 0.2) is 5.25 Å². The lowest BCUT2D eigenvalue weighted by Crippen LogP contribution is -2.26. The van der Waals surface area contributed by atoms with Gasteiger partial charge in [-0.2, -0.15) is 5.26 Å². The molecule has 0 aliphatic rings. The Kier molecular flexibility index (Phi) is 6.51. The predicted octanol–water partition coefficient (Wildman–Crippen LogP) is 2.12. The minimum Gasteiger partial charge on any atom is -0.395 e. The molecule has 2 N–H and O–H groups in total. The van der Waals surface area contributed by atoms with Crippen LogP contribution in [0.2, 0.25) is 5.02 Å². The monoisotopic (exact) mass is 326 g/mol. The largest absolute Gasteiger partial charge is 0.395 e. The van der Waals surface area contributed by atoms with Crippen LogP contribution in [0, 0.1) is 23.2 Å². The molecule has 0 aromatic heterocycles. The minimum absolute atomic E-state index is 0.0754. The molecule has 0 saturated heterocycles. The first-order valence-electron chi connectivity index (χ1n) is 6.25. The Labute approximate surface area is 129 Å². The fourth-order valence-corrected chi connectivity index (χ4v) is 2.90. The molecule has 0 aliphatic carbocycles. The molecule has 1 rings (SSSR count). The zero-order valence-electron chi connectivity index (χ0n) is 11.4. The van der Waals surface area contributed by atoms with Crippen LogP contribution in [0.3, 0.4) is 0 Å². The number of halogens is 1. The van der Waals surface area contributed by atoms with Gasteiger partial charge in [0.1, 0.15) is 0 Å². The second kappa shape index (κ2) is 7.90. The van der Waals surface area contributed by atoms with E-state index in [2.05, 4.69) is 16.6 Å². The van der Waals surface area contributed by atoms with Crippen molar-refractivity contribution in [3.63, 3.8) is 0 Å². The highest BCUT2D eigenvalue weighted by atomic mass is 35.5. The van der Waals surface area contributed by atoms with Gasteiger partial charge in [0.2, 0.25) is 10.0 Å². The zero-order valence-corrected chi connectivity index (χ0v) is 13.0. The van der Waals surface area contributed by atoms with E-state index in [1.54, 1.807) is 25.1 Å². The Hall–Kier alpha value is -1.73. The third kappa shape index (κ3) is 4.95. The number of aliphatic hydroxyl groups excluding tert-OH is 1. The molecule has 0 radical (unpaired) electrons. The third-order valence-electron chi connectivity index (χ3n) is 2.58. The van der Waals surface area contributed by atoms with Crippen molar-refractivity contribution in [1.82, 2.24) is 0 Å². The molecule has 112 valence electrons. The van der Waals surface area contributed by atoms with Gasteiger partial charge in [-0.05, 0) is 24.6 Å². The van der Waals surface area contributed by atoms with E-state index in [9.17, 15) is 8.42 Å². The molecular weight excluding hydrogens is 312 g/mol. The van der Waals surface area contributed by atoms with Gasteiger partial charge in [0.05, 0.1) is 18.4 Å². The Balaban J connectivity index is 3.16. The highest BCUT2D eigenvalue weighted by Gasteiger charge is 2.24. The van der Waals surface area contributed by atoms with E-state index in [0.29, 0.717) is 10.6 Å². The second-order valence-corrected chi connectivity index (χ2v) is 6.44. The average Bonchev–Trinajstić information content (AvgIpc) is 2.42. The maximum absolute atomic E-state index is 12.1. The molecule has 21 heavy (non-hydrogen) atoms. The fraction of sp³-hybridized carbons (Fsp3) is 0.357. The maximum Gasteiger partial charge on any atom is 0.249 e. The van der Waals surface area contributed by atoms with Gasteiger partial charge in [-0.3, -0.25) is 4.72 Å². The van der Waals surface area contributed by atoms with E-state index in [0.717, 1.165) is 0 Å². The van der Waals surface area contributed by atoms with Gasteiger partial charge < -0.3 is 5.11 Å². The van der Waals surface area contributed by atoms with Gasteiger partial charge in [0, 0.05) is 17.0 Å². The number of hydrogen-bond donors (Lipinski definition) is 2. The van der Waals surface area contributed by atoms with Crippen molar-refractivity contribution in [2.45, 2.75) is 25.0 Å². The van der Waals surface area contributed by atoms with Crippen molar-refractivity contribution >= 4 is 27.3 Å². The summed E-state index contributed by atoms with van der Waals surface area (Å²) >= 11 is 5.87. The number of nitrogens with one attached hydrogen (secondary N) is 1. The molecule has 0 aliphatic heterocycles. The van der Waals surface area contributed by atoms with Crippen LogP contribution in [0.25, 0.3) is 0 Å². The van der Waals surface area contributed by atoms with Gasteiger partial charge in [-0.1, -0.05) is 30.4 Å². The summed E-state index contributed by atoms with van der Waals surface area (Å²) in [6.45, 7) is 1.54. The molecule has 0 saturated carbocycles. The molecule has 7 heteroatoms. The number of rotatable bonds is 5. The number of anilines is 1. The molecule has 0 spiro atoms. The lowest BCUT2D eigenvalue weighted by Gasteiger charge is -2.13. The van der Waals surface area contributed by atoms with E-state index in [1.165, 1.54) is 6.07 Å². The molecule has 0 amide bonds. The van der Waals surface area contributed by atoms with Gasteiger partial charge in [-0.15, -0.1) is 0 Å². The summed E-state index contributed by atoms with van der Waals surface area (Å²) in [6.07, 6.45) is 0.461. The van der Waals surface area contributed by atoms with Crippen LogP contribution in [0.5, 0.6) is 0 Å². The molecular formula is C14H15ClN2O3S. The highest BCUT2D eigenvalue weighted by molar-refractivity contribution is 7.93. The molecule has 0 heterocycles. The van der Waals surface area contributed by atoms with Gasteiger partial charge in [-0.25, -0.2) is 8.42 Å². The van der Waals surface area contributed by atoms with E-state index in [1.807, 2.05) is 0 Å². The number of hydrogen-bond acceptors (Lipinski definition) is 4. The number of benzene rings is 1. The Morgan fingerprint density at radius 2 is 2.19 bits per heavy atom. The molecule has 0 fully saturated rings. The number of aliphatic hydroxyl groups is 1. The number of nitriles is 1. The summed E-state index contributed by atoms with van der Waals surface area (Å²) in [5, 5.41) is 16.8. The Morgan fingerprint density at radius 3 is 2.76 bits per heavy atom. The summed E-state index contributed by atoms with van der Waals surface area (Å²) in [4.78, 5) is 0. The summed E-state index contributed by atoms with van der Waals surface area (Å²) in [6, 6.07) is 6.35. The van der Waals surface area contributed by atoms with E-state index < -0.39 is 15.3 Å². The smallest absolute Gasteiger partial charge is 0.249 e. The first-order chi connectivity index (χ1) is 9.94. The van der Waals surface area contributed by atoms with Crippen molar-refractivity contribution < 1.29 is 13.5 Å². The van der Waals surface area contributed by atoms with Crippen LogP contribution in [0.4, 0.5) is 5.69 Å². The molecule has 5 nitrogen and oxygen atoms in total. The lowest BCUT2D eigenvalue weighted by atomic mass is 10.2. The van der Waals surface area contributed by atoms with Crippen LogP contribution in [-0.2, 0) is 10.0 Å². The molecule has 1 aromatic rings. The van der Waals surface area contributed by atoms with E-state index >= 15 is 0 Å². The SMILES string of the molecule is CCC(C#N)S(=O)(=O)Nc1cc(Cl)ccc1C#CCCO. The summed E-state index contributed by atoms with van der Waals surface area (Å²) in [7, 11) is -3.83. The Morgan fingerprint density at radius 1 is 1.48 bits per heavy atom. The van der Waals surface area contributed by atoms with Gasteiger partial charge in [0.25, 0.3) is 0 Å². The summed E-state index contributed by atoms with van der Waals surface area (Å²) < 4.78 is 26.5. The highest BCUT2D eigenvalue weighted by Crippen LogP contribution is 2.23. The minimum atomic E-state index is -3.83. The standard InChI is InChI=1S/C14H15ClN2O3S/c1-2-13(10-16)21(19,20)17-14-9-12(15)7-6-11(14)5-3-4-8-18/h6-7,9,13,17-18H,2,4,8H2,1H3. The van der Waals surface area contributed by atoms with Crippen molar-refractivity contribution in [1.29, 1.82) is 5.26 Å². The van der Waals surface area contributed by atoms with E-state index in [-0.39, 0.29) is 25.1 Å². The lowest BCUT2D eigenvalue weighted by molar-refractivity contribution is 0.305. The average molecular weight is 327 g/mol.